The van der Waals surface area contributed by atoms with Crippen LogP contribution in [0.5, 0.6) is 0 Å². The summed E-state index contributed by atoms with van der Waals surface area (Å²) in [6.45, 7) is 9.14. The quantitative estimate of drug-likeness (QED) is 0.833. The van der Waals surface area contributed by atoms with E-state index in [0.29, 0.717) is 12.6 Å². The first-order chi connectivity index (χ1) is 11.8. The Morgan fingerprint density at radius 3 is 2.76 bits per heavy atom. The van der Waals surface area contributed by atoms with E-state index in [0.717, 1.165) is 31.6 Å². The minimum atomic E-state index is -0.0512. The van der Waals surface area contributed by atoms with Gasteiger partial charge in [-0.2, -0.15) is 5.10 Å². The molecule has 0 amide bonds. The van der Waals surface area contributed by atoms with E-state index in [2.05, 4.69) is 40.3 Å². The van der Waals surface area contributed by atoms with Crippen molar-refractivity contribution in [2.24, 2.45) is 7.05 Å². The fraction of sp³-hybridized carbons (Fsp3) is 0.632. The second-order valence-electron chi connectivity index (χ2n) is 8.07. The molecule has 2 aromatic heterocycles. The molecule has 0 spiro atoms. The van der Waals surface area contributed by atoms with Crippen LogP contribution in [0.1, 0.15) is 45.0 Å². The van der Waals surface area contributed by atoms with Gasteiger partial charge in [0.05, 0.1) is 18.6 Å². The van der Waals surface area contributed by atoms with Gasteiger partial charge in [-0.3, -0.25) is 9.69 Å². The summed E-state index contributed by atoms with van der Waals surface area (Å²) in [5, 5.41) is 4.63. The zero-order valence-electron chi connectivity index (χ0n) is 15.8. The van der Waals surface area contributed by atoms with Gasteiger partial charge in [0, 0.05) is 49.4 Å². The fourth-order valence-electron chi connectivity index (χ4n) is 3.46. The molecule has 1 atom stereocenters. The topological polar surface area (TPSA) is 56.0 Å². The fourth-order valence-corrected chi connectivity index (χ4v) is 3.46. The van der Waals surface area contributed by atoms with E-state index >= 15 is 0 Å². The van der Waals surface area contributed by atoms with Crippen molar-refractivity contribution in [3.05, 3.63) is 46.4 Å². The number of rotatable bonds is 5. The highest BCUT2D eigenvalue weighted by Gasteiger charge is 2.26. The van der Waals surface area contributed by atoms with Crippen LogP contribution in [0, 0.1) is 0 Å². The summed E-state index contributed by atoms with van der Waals surface area (Å²) < 4.78 is 3.73. The summed E-state index contributed by atoms with van der Waals surface area (Å²) >= 11 is 0. The van der Waals surface area contributed by atoms with Crippen molar-refractivity contribution in [2.45, 2.75) is 58.0 Å². The summed E-state index contributed by atoms with van der Waals surface area (Å²) in [6.07, 6.45) is 7.07. The smallest absolute Gasteiger partial charge is 0.266 e. The number of nitrogens with zero attached hydrogens (tertiary/aromatic N) is 5. The second kappa shape index (κ2) is 7.12. The highest BCUT2D eigenvalue weighted by Crippen LogP contribution is 2.21. The molecule has 136 valence electrons. The minimum Gasteiger partial charge on any atom is -0.338 e. The van der Waals surface area contributed by atoms with Gasteiger partial charge in [0.25, 0.3) is 5.56 Å². The lowest BCUT2D eigenvalue weighted by Crippen LogP contribution is -2.38. The molecule has 3 rings (SSSR count). The number of aromatic nitrogens is 4. The largest absolute Gasteiger partial charge is 0.338 e. The van der Waals surface area contributed by atoms with Crippen molar-refractivity contribution in [3.63, 3.8) is 0 Å². The normalized spacial score (nSPS) is 18.8. The van der Waals surface area contributed by atoms with Crippen LogP contribution in [0.25, 0.3) is 0 Å². The zero-order valence-corrected chi connectivity index (χ0v) is 15.8. The van der Waals surface area contributed by atoms with Crippen molar-refractivity contribution in [1.82, 2.24) is 24.2 Å². The van der Waals surface area contributed by atoms with Crippen LogP contribution in [0.15, 0.2) is 29.5 Å². The lowest BCUT2D eigenvalue weighted by molar-refractivity contribution is 0.225. The van der Waals surface area contributed by atoms with E-state index in [9.17, 15) is 4.79 Å². The number of imidazole rings is 1. The summed E-state index contributed by atoms with van der Waals surface area (Å²) in [6, 6.07) is 3.89. The average Bonchev–Trinajstić information content (AvgIpc) is 3.15. The Kier molecular flexibility index (Phi) is 5.08. The summed E-state index contributed by atoms with van der Waals surface area (Å²) in [7, 11) is 2.03. The van der Waals surface area contributed by atoms with Gasteiger partial charge in [0.15, 0.2) is 0 Å². The third-order valence-electron chi connectivity index (χ3n) is 5.09. The molecular formula is C19H29N5O. The summed E-state index contributed by atoms with van der Waals surface area (Å²) in [4.78, 5) is 18.9. The van der Waals surface area contributed by atoms with Gasteiger partial charge < -0.3 is 4.57 Å². The third-order valence-corrected chi connectivity index (χ3v) is 5.09. The Bertz CT molecular complexity index is 771. The molecule has 3 heterocycles. The molecule has 0 saturated carbocycles. The minimum absolute atomic E-state index is 0.00788. The molecule has 0 N–H and O–H groups in total. The monoisotopic (exact) mass is 343 g/mol. The van der Waals surface area contributed by atoms with Crippen LogP contribution in [0.4, 0.5) is 0 Å². The number of likely N-dealkylation sites (tertiary alicyclic amines) is 1. The first-order valence-corrected chi connectivity index (χ1v) is 9.12. The Morgan fingerprint density at radius 2 is 2.08 bits per heavy atom. The van der Waals surface area contributed by atoms with Gasteiger partial charge in [-0.15, -0.1) is 0 Å². The molecule has 0 bridgehead atoms. The molecule has 1 saturated heterocycles. The SMILES string of the molecule is Cn1cncc1CCN1CCCC1Cn1nc(C(C)(C)C)ccc1=O. The second-order valence-corrected chi connectivity index (χ2v) is 8.07. The summed E-state index contributed by atoms with van der Waals surface area (Å²) in [5.74, 6) is 0. The number of hydrogen-bond acceptors (Lipinski definition) is 4. The van der Waals surface area contributed by atoms with Crippen LogP contribution in [0.2, 0.25) is 0 Å². The molecule has 0 radical (unpaired) electrons. The van der Waals surface area contributed by atoms with Crippen molar-refractivity contribution >= 4 is 0 Å². The van der Waals surface area contributed by atoms with E-state index in [1.807, 2.05) is 25.6 Å². The van der Waals surface area contributed by atoms with E-state index in [-0.39, 0.29) is 11.0 Å². The first-order valence-electron chi connectivity index (χ1n) is 9.12. The Hall–Kier alpha value is -1.95. The molecule has 1 aliphatic rings. The molecule has 0 aromatic carbocycles. The Balaban J connectivity index is 1.69. The maximum atomic E-state index is 12.3. The van der Waals surface area contributed by atoms with E-state index in [1.165, 1.54) is 12.1 Å². The van der Waals surface area contributed by atoms with E-state index in [4.69, 9.17) is 0 Å². The van der Waals surface area contributed by atoms with Gasteiger partial charge in [0.1, 0.15) is 0 Å². The van der Waals surface area contributed by atoms with Crippen LogP contribution >= 0.6 is 0 Å². The first kappa shape index (κ1) is 17.9. The molecule has 0 aliphatic carbocycles. The molecule has 2 aromatic rings. The molecule has 6 nitrogen and oxygen atoms in total. The number of hydrogen-bond donors (Lipinski definition) is 0. The van der Waals surface area contributed by atoms with Crippen LogP contribution in [-0.4, -0.2) is 43.4 Å². The lowest BCUT2D eigenvalue weighted by Gasteiger charge is -2.25. The molecule has 1 fully saturated rings. The molecule has 1 unspecified atom stereocenters. The van der Waals surface area contributed by atoms with Crippen LogP contribution in [-0.2, 0) is 25.4 Å². The zero-order chi connectivity index (χ0) is 18.0. The van der Waals surface area contributed by atoms with Gasteiger partial charge in [-0.25, -0.2) is 9.67 Å². The van der Waals surface area contributed by atoms with Crippen molar-refractivity contribution in [1.29, 1.82) is 0 Å². The third kappa shape index (κ3) is 4.18. The maximum absolute atomic E-state index is 12.3. The Labute approximate surface area is 149 Å². The number of aryl methyl sites for hydroxylation is 1. The predicted octanol–water partition coefficient (Wildman–Crippen LogP) is 1.98. The molecule has 25 heavy (non-hydrogen) atoms. The van der Waals surface area contributed by atoms with Crippen LogP contribution < -0.4 is 5.56 Å². The van der Waals surface area contributed by atoms with Crippen LogP contribution in [0.3, 0.4) is 0 Å². The highest BCUT2D eigenvalue weighted by molar-refractivity contribution is 5.10. The summed E-state index contributed by atoms with van der Waals surface area (Å²) in [5.41, 5.74) is 2.15. The van der Waals surface area contributed by atoms with Crippen molar-refractivity contribution in [2.75, 3.05) is 13.1 Å². The molecular weight excluding hydrogens is 314 g/mol. The molecule has 1 aliphatic heterocycles. The van der Waals surface area contributed by atoms with E-state index in [1.54, 1.807) is 10.7 Å². The predicted molar refractivity (Wildman–Crippen MR) is 98.7 cm³/mol. The maximum Gasteiger partial charge on any atom is 0.266 e. The van der Waals surface area contributed by atoms with Gasteiger partial charge in [-0.05, 0) is 25.5 Å². The highest BCUT2D eigenvalue weighted by atomic mass is 16.1. The van der Waals surface area contributed by atoms with Gasteiger partial charge in [0.2, 0.25) is 0 Å². The Morgan fingerprint density at radius 1 is 1.28 bits per heavy atom. The van der Waals surface area contributed by atoms with Crippen molar-refractivity contribution < 1.29 is 0 Å². The average molecular weight is 343 g/mol. The van der Waals surface area contributed by atoms with Gasteiger partial charge >= 0.3 is 0 Å². The van der Waals surface area contributed by atoms with Crippen molar-refractivity contribution in [3.8, 4) is 0 Å². The van der Waals surface area contributed by atoms with E-state index < -0.39 is 0 Å². The standard InChI is InChI=1S/C19H29N5O/c1-19(2,3)17-7-8-18(25)24(21-17)13-16-6-5-10-23(16)11-9-15-12-20-14-22(15)4/h7-8,12,14,16H,5-6,9-11,13H2,1-4H3. The lowest BCUT2D eigenvalue weighted by atomic mass is 9.92. The molecule has 6 heteroatoms. The van der Waals surface area contributed by atoms with Gasteiger partial charge in [-0.1, -0.05) is 20.8 Å².